The fourth-order valence-electron chi connectivity index (χ4n) is 2.88. The Labute approximate surface area is 135 Å². The minimum atomic E-state index is -0.803. The molecule has 0 aromatic heterocycles. The van der Waals surface area contributed by atoms with Crippen LogP contribution in [0.1, 0.15) is 34.1 Å². The van der Waals surface area contributed by atoms with Crippen molar-refractivity contribution < 1.29 is 19.1 Å². The molecule has 0 fully saturated rings. The van der Waals surface area contributed by atoms with Crippen LogP contribution in [0.2, 0.25) is 0 Å². The Morgan fingerprint density at radius 3 is 2.48 bits per heavy atom. The maximum atomic E-state index is 12.8. The molecule has 2 aromatic rings. The zero-order chi connectivity index (χ0) is 16.4. The molecule has 0 spiro atoms. The van der Waals surface area contributed by atoms with Crippen molar-refractivity contribution in [2.45, 2.75) is 19.4 Å². The molecule has 0 saturated carbocycles. The van der Waals surface area contributed by atoms with E-state index in [1.807, 2.05) is 13.0 Å². The van der Waals surface area contributed by atoms with Crippen molar-refractivity contribution in [3.63, 3.8) is 0 Å². The quantitative estimate of drug-likeness (QED) is 0.640. The van der Waals surface area contributed by atoms with Gasteiger partial charge in [-0.1, -0.05) is 19.1 Å². The van der Waals surface area contributed by atoms with Crippen molar-refractivity contribution in [2.24, 2.45) is 5.92 Å². The molecular formula is C19H18O4. The summed E-state index contributed by atoms with van der Waals surface area (Å²) >= 11 is 0. The molecule has 2 atom stereocenters. The second-order valence-electron chi connectivity index (χ2n) is 5.50. The smallest absolute Gasteiger partial charge is 0.181 e. The number of para-hydroxylation sites is 1. The van der Waals surface area contributed by atoms with Crippen LogP contribution in [-0.4, -0.2) is 24.8 Å². The van der Waals surface area contributed by atoms with E-state index in [4.69, 9.17) is 9.47 Å². The third-order valence-electron chi connectivity index (χ3n) is 4.14. The van der Waals surface area contributed by atoms with Crippen LogP contribution in [0.4, 0.5) is 0 Å². The summed E-state index contributed by atoms with van der Waals surface area (Å²) in [7, 11) is 1.57. The van der Waals surface area contributed by atoms with Gasteiger partial charge in [0.2, 0.25) is 0 Å². The summed E-state index contributed by atoms with van der Waals surface area (Å²) in [6.45, 7) is 1.92. The van der Waals surface area contributed by atoms with Gasteiger partial charge in [0.05, 0.1) is 12.7 Å². The lowest BCUT2D eigenvalue weighted by atomic mass is 9.82. The van der Waals surface area contributed by atoms with Gasteiger partial charge in [0, 0.05) is 5.56 Å². The van der Waals surface area contributed by atoms with Crippen molar-refractivity contribution in [3.05, 3.63) is 59.7 Å². The lowest BCUT2D eigenvalue weighted by molar-refractivity contribution is 0.0565. The number of benzene rings is 2. The van der Waals surface area contributed by atoms with Gasteiger partial charge >= 0.3 is 0 Å². The van der Waals surface area contributed by atoms with Gasteiger partial charge in [0.15, 0.2) is 11.6 Å². The zero-order valence-electron chi connectivity index (χ0n) is 13.1. The molecule has 0 bridgehead atoms. The number of hydrogen-bond donors (Lipinski definition) is 0. The minimum absolute atomic E-state index is 0.167. The van der Waals surface area contributed by atoms with Gasteiger partial charge in [-0.15, -0.1) is 0 Å². The Hall–Kier alpha value is -2.62. The third-order valence-corrected chi connectivity index (χ3v) is 4.14. The second-order valence-corrected chi connectivity index (χ2v) is 5.50. The summed E-state index contributed by atoms with van der Waals surface area (Å²) in [6.07, 6.45) is 0.152. The third kappa shape index (κ3) is 2.72. The predicted molar refractivity (Wildman–Crippen MR) is 86.3 cm³/mol. The molecule has 0 aliphatic carbocycles. The van der Waals surface area contributed by atoms with Crippen LogP contribution in [0.5, 0.6) is 11.5 Å². The fourth-order valence-corrected chi connectivity index (χ4v) is 2.88. The molecule has 4 heteroatoms. The van der Waals surface area contributed by atoms with Crippen LogP contribution < -0.4 is 9.47 Å². The Kier molecular flexibility index (Phi) is 4.15. The number of Topliss-reactive ketones (excluding diaryl/α,β-unsaturated/α-hetero) is 2. The maximum Gasteiger partial charge on any atom is 0.181 e. The van der Waals surface area contributed by atoms with Crippen molar-refractivity contribution >= 4 is 11.6 Å². The number of ketones is 2. The summed E-state index contributed by atoms with van der Waals surface area (Å²) < 4.78 is 11.0. The molecule has 3 rings (SSSR count). The van der Waals surface area contributed by atoms with Gasteiger partial charge in [-0.3, -0.25) is 9.59 Å². The first-order valence-corrected chi connectivity index (χ1v) is 7.64. The Morgan fingerprint density at radius 2 is 1.83 bits per heavy atom. The standard InChI is InChI=1S/C19H18O4/c1-3-15-17(18(20)12-8-10-13(22-2)11-9-12)19(21)14-6-4-5-7-16(14)23-15/h4-11,15,17H,3H2,1-2H3/t15-,17+/m1/s1. The number of fused-ring (bicyclic) bond motifs is 1. The predicted octanol–water partition coefficient (Wildman–Crippen LogP) is 3.55. The minimum Gasteiger partial charge on any atom is -0.497 e. The average Bonchev–Trinajstić information content (AvgIpc) is 2.61. The number of methoxy groups -OCH3 is 1. The molecule has 1 aliphatic rings. The van der Waals surface area contributed by atoms with E-state index in [-0.39, 0.29) is 11.6 Å². The van der Waals surface area contributed by atoms with E-state index in [1.165, 1.54) is 0 Å². The van der Waals surface area contributed by atoms with Gasteiger partial charge < -0.3 is 9.47 Å². The van der Waals surface area contributed by atoms with Crippen LogP contribution in [-0.2, 0) is 0 Å². The highest BCUT2D eigenvalue weighted by molar-refractivity contribution is 6.18. The summed E-state index contributed by atoms with van der Waals surface area (Å²) in [5.41, 5.74) is 0.967. The highest BCUT2D eigenvalue weighted by Crippen LogP contribution is 2.33. The lowest BCUT2D eigenvalue weighted by Crippen LogP contribution is -2.42. The number of carbonyl (C=O) groups is 2. The molecule has 0 unspecified atom stereocenters. The number of ether oxygens (including phenoxy) is 2. The Balaban J connectivity index is 1.96. The van der Waals surface area contributed by atoms with Crippen molar-refractivity contribution in [2.75, 3.05) is 7.11 Å². The van der Waals surface area contributed by atoms with Gasteiger partial charge in [-0.25, -0.2) is 0 Å². The number of carbonyl (C=O) groups excluding carboxylic acids is 2. The van der Waals surface area contributed by atoms with E-state index < -0.39 is 12.0 Å². The fraction of sp³-hybridized carbons (Fsp3) is 0.263. The highest BCUT2D eigenvalue weighted by Gasteiger charge is 2.41. The van der Waals surface area contributed by atoms with E-state index in [9.17, 15) is 9.59 Å². The molecule has 1 aliphatic heterocycles. The lowest BCUT2D eigenvalue weighted by Gasteiger charge is -2.31. The first-order valence-electron chi connectivity index (χ1n) is 7.64. The maximum absolute atomic E-state index is 12.8. The summed E-state index contributed by atoms with van der Waals surface area (Å²) in [5.74, 6) is 0.0510. The van der Waals surface area contributed by atoms with Gasteiger partial charge in [0.1, 0.15) is 23.5 Å². The molecular weight excluding hydrogens is 292 g/mol. The first kappa shape index (κ1) is 15.3. The van der Waals surface area contributed by atoms with Crippen LogP contribution in [0.25, 0.3) is 0 Å². The SMILES string of the molecule is CC[C@H]1Oc2ccccc2C(=O)[C@@H]1C(=O)c1ccc(OC)cc1. The molecule has 2 aromatic carbocycles. The van der Waals surface area contributed by atoms with Gasteiger partial charge in [-0.2, -0.15) is 0 Å². The van der Waals surface area contributed by atoms with Crippen molar-refractivity contribution in [3.8, 4) is 11.5 Å². The highest BCUT2D eigenvalue weighted by atomic mass is 16.5. The van der Waals surface area contributed by atoms with Crippen molar-refractivity contribution in [1.29, 1.82) is 0 Å². The molecule has 0 saturated heterocycles. The van der Waals surface area contributed by atoms with Crippen molar-refractivity contribution in [1.82, 2.24) is 0 Å². The van der Waals surface area contributed by atoms with Crippen LogP contribution >= 0.6 is 0 Å². The molecule has 23 heavy (non-hydrogen) atoms. The molecule has 1 heterocycles. The Bertz CT molecular complexity index is 733. The molecule has 0 radical (unpaired) electrons. The number of hydrogen-bond acceptors (Lipinski definition) is 4. The number of rotatable bonds is 4. The first-order chi connectivity index (χ1) is 11.2. The van der Waals surface area contributed by atoms with Gasteiger partial charge in [-0.05, 0) is 42.8 Å². The van der Waals surface area contributed by atoms with Crippen LogP contribution in [0.3, 0.4) is 0 Å². The molecule has 0 N–H and O–H groups in total. The largest absolute Gasteiger partial charge is 0.497 e. The summed E-state index contributed by atoms with van der Waals surface area (Å²) in [5, 5.41) is 0. The normalized spacial score (nSPS) is 19.7. The summed E-state index contributed by atoms with van der Waals surface area (Å²) in [4.78, 5) is 25.6. The van der Waals surface area contributed by atoms with E-state index in [0.29, 0.717) is 29.0 Å². The molecule has 0 amide bonds. The molecule has 118 valence electrons. The van der Waals surface area contributed by atoms with Crippen LogP contribution in [0.15, 0.2) is 48.5 Å². The zero-order valence-corrected chi connectivity index (χ0v) is 13.1. The average molecular weight is 310 g/mol. The monoisotopic (exact) mass is 310 g/mol. The topological polar surface area (TPSA) is 52.6 Å². The Morgan fingerprint density at radius 1 is 1.13 bits per heavy atom. The van der Waals surface area contributed by atoms with Gasteiger partial charge in [0.25, 0.3) is 0 Å². The second kappa shape index (κ2) is 6.24. The van der Waals surface area contributed by atoms with E-state index in [2.05, 4.69) is 0 Å². The van der Waals surface area contributed by atoms with E-state index in [0.717, 1.165) is 0 Å². The molecule has 4 nitrogen and oxygen atoms in total. The summed E-state index contributed by atoms with van der Waals surface area (Å²) in [6, 6.07) is 13.9. The van der Waals surface area contributed by atoms with E-state index in [1.54, 1.807) is 49.6 Å². The van der Waals surface area contributed by atoms with E-state index >= 15 is 0 Å². The van der Waals surface area contributed by atoms with Crippen LogP contribution in [0, 0.1) is 5.92 Å².